The summed E-state index contributed by atoms with van der Waals surface area (Å²) in [6.07, 6.45) is 0. The lowest BCUT2D eigenvalue weighted by atomic mass is 10.0. The van der Waals surface area contributed by atoms with Crippen LogP contribution in [0.25, 0.3) is 0 Å². The molecule has 0 fully saturated rings. The Labute approximate surface area is 77.2 Å². The van der Waals surface area contributed by atoms with E-state index < -0.39 is 6.04 Å². The van der Waals surface area contributed by atoms with E-state index in [-0.39, 0.29) is 11.5 Å². The third-order valence-electron chi connectivity index (χ3n) is 1.83. The standard InChI is InChI=1S/C10H13NO2/c1-6-3-4-9(12)8(5-6)10(13)7(2)11/h3-5,7,12H,11H2,1-2H3. The molecule has 1 aromatic rings. The van der Waals surface area contributed by atoms with Crippen LogP contribution < -0.4 is 5.73 Å². The van der Waals surface area contributed by atoms with Crippen molar-refractivity contribution in [1.29, 1.82) is 0 Å². The number of aromatic hydroxyl groups is 1. The zero-order chi connectivity index (χ0) is 10.0. The summed E-state index contributed by atoms with van der Waals surface area (Å²) < 4.78 is 0. The van der Waals surface area contributed by atoms with Crippen LogP contribution in [0.5, 0.6) is 5.75 Å². The summed E-state index contributed by atoms with van der Waals surface area (Å²) >= 11 is 0. The summed E-state index contributed by atoms with van der Waals surface area (Å²) in [7, 11) is 0. The Balaban J connectivity index is 3.13. The molecule has 3 N–H and O–H groups in total. The molecule has 0 aliphatic heterocycles. The van der Waals surface area contributed by atoms with E-state index in [2.05, 4.69) is 0 Å². The zero-order valence-electron chi connectivity index (χ0n) is 7.74. The molecule has 0 aliphatic rings. The van der Waals surface area contributed by atoms with Crippen LogP contribution in [0.1, 0.15) is 22.8 Å². The summed E-state index contributed by atoms with van der Waals surface area (Å²) in [5, 5.41) is 9.38. The molecule has 0 aliphatic carbocycles. The maximum Gasteiger partial charge on any atom is 0.182 e. The molecule has 70 valence electrons. The smallest absolute Gasteiger partial charge is 0.182 e. The van der Waals surface area contributed by atoms with Crippen molar-refractivity contribution in [3.8, 4) is 5.75 Å². The molecule has 0 radical (unpaired) electrons. The first-order valence-corrected chi connectivity index (χ1v) is 4.12. The number of hydrogen-bond acceptors (Lipinski definition) is 3. The molecule has 1 rings (SSSR count). The lowest BCUT2D eigenvalue weighted by Crippen LogP contribution is -2.26. The second-order valence-corrected chi connectivity index (χ2v) is 3.17. The van der Waals surface area contributed by atoms with Gasteiger partial charge in [-0.05, 0) is 26.0 Å². The van der Waals surface area contributed by atoms with Crippen molar-refractivity contribution in [2.45, 2.75) is 19.9 Å². The first-order valence-electron chi connectivity index (χ1n) is 4.12. The van der Waals surface area contributed by atoms with E-state index in [1.807, 2.05) is 6.92 Å². The van der Waals surface area contributed by atoms with Gasteiger partial charge in [0, 0.05) is 0 Å². The average molecular weight is 179 g/mol. The number of carbonyl (C=O) groups is 1. The minimum atomic E-state index is -0.576. The number of phenols is 1. The predicted octanol–water partition coefficient (Wildman–Crippen LogP) is 1.23. The first-order chi connectivity index (χ1) is 6.02. The highest BCUT2D eigenvalue weighted by Gasteiger charge is 2.14. The second-order valence-electron chi connectivity index (χ2n) is 3.17. The van der Waals surface area contributed by atoms with Gasteiger partial charge in [0.1, 0.15) is 5.75 Å². The van der Waals surface area contributed by atoms with Gasteiger partial charge in [-0.15, -0.1) is 0 Å². The van der Waals surface area contributed by atoms with Crippen LogP contribution in [0.3, 0.4) is 0 Å². The second kappa shape index (κ2) is 3.58. The van der Waals surface area contributed by atoms with Crippen molar-refractivity contribution in [2.24, 2.45) is 5.73 Å². The minimum Gasteiger partial charge on any atom is -0.507 e. The van der Waals surface area contributed by atoms with Crippen molar-refractivity contribution < 1.29 is 9.90 Å². The third kappa shape index (κ3) is 2.06. The fraction of sp³-hybridized carbons (Fsp3) is 0.300. The number of Topliss-reactive ketones (excluding diaryl/α,β-unsaturated/α-hetero) is 1. The van der Waals surface area contributed by atoms with Crippen molar-refractivity contribution in [3.63, 3.8) is 0 Å². The van der Waals surface area contributed by atoms with E-state index in [9.17, 15) is 9.90 Å². The van der Waals surface area contributed by atoms with E-state index in [4.69, 9.17) is 5.73 Å². The highest BCUT2D eigenvalue weighted by atomic mass is 16.3. The predicted molar refractivity (Wildman–Crippen MR) is 50.8 cm³/mol. The topological polar surface area (TPSA) is 63.3 Å². The van der Waals surface area contributed by atoms with Crippen molar-refractivity contribution in [1.82, 2.24) is 0 Å². The zero-order valence-corrected chi connectivity index (χ0v) is 7.74. The van der Waals surface area contributed by atoms with Gasteiger partial charge >= 0.3 is 0 Å². The number of rotatable bonds is 2. The molecule has 0 aromatic heterocycles. The van der Waals surface area contributed by atoms with E-state index in [0.29, 0.717) is 5.56 Å². The van der Waals surface area contributed by atoms with Crippen molar-refractivity contribution in [2.75, 3.05) is 0 Å². The highest BCUT2D eigenvalue weighted by molar-refractivity contribution is 6.02. The van der Waals surface area contributed by atoms with Gasteiger partial charge in [-0.2, -0.15) is 0 Å². The first kappa shape index (κ1) is 9.74. The highest BCUT2D eigenvalue weighted by Crippen LogP contribution is 2.19. The van der Waals surface area contributed by atoms with Gasteiger partial charge < -0.3 is 10.8 Å². The maximum absolute atomic E-state index is 11.4. The molecule has 3 nitrogen and oxygen atoms in total. The molecule has 0 spiro atoms. The van der Waals surface area contributed by atoms with Crippen molar-refractivity contribution >= 4 is 5.78 Å². The van der Waals surface area contributed by atoms with Gasteiger partial charge in [-0.1, -0.05) is 11.6 Å². The molecule has 0 heterocycles. The fourth-order valence-corrected chi connectivity index (χ4v) is 1.09. The van der Waals surface area contributed by atoms with E-state index in [0.717, 1.165) is 5.56 Å². The SMILES string of the molecule is Cc1ccc(O)c(C(=O)C(C)N)c1. The van der Waals surface area contributed by atoms with E-state index in [1.165, 1.54) is 6.07 Å². The van der Waals surface area contributed by atoms with Crippen LogP contribution in [0, 0.1) is 6.92 Å². The maximum atomic E-state index is 11.4. The van der Waals surface area contributed by atoms with E-state index >= 15 is 0 Å². The Kier molecular flexibility index (Phi) is 2.68. The molecule has 0 bridgehead atoms. The number of hydrogen-bond donors (Lipinski definition) is 2. The number of aryl methyl sites for hydroxylation is 1. The Bertz CT molecular complexity index is 332. The minimum absolute atomic E-state index is 0.00657. The number of ketones is 1. The van der Waals surface area contributed by atoms with Gasteiger partial charge in [0.25, 0.3) is 0 Å². The molecular weight excluding hydrogens is 166 g/mol. The monoisotopic (exact) mass is 179 g/mol. The Hall–Kier alpha value is -1.35. The summed E-state index contributed by atoms with van der Waals surface area (Å²) in [6.45, 7) is 3.46. The van der Waals surface area contributed by atoms with Crippen LogP contribution in [0.4, 0.5) is 0 Å². The summed E-state index contributed by atoms with van der Waals surface area (Å²) in [5.74, 6) is -0.242. The molecule has 0 saturated heterocycles. The van der Waals surface area contributed by atoms with Crippen LogP contribution >= 0.6 is 0 Å². The average Bonchev–Trinajstić information content (AvgIpc) is 2.08. The Morgan fingerprint density at radius 1 is 1.54 bits per heavy atom. The fourth-order valence-electron chi connectivity index (χ4n) is 1.09. The summed E-state index contributed by atoms with van der Waals surface area (Å²) in [6, 6.07) is 4.31. The van der Waals surface area contributed by atoms with Gasteiger partial charge in [0.15, 0.2) is 5.78 Å². The largest absolute Gasteiger partial charge is 0.507 e. The molecule has 0 saturated carbocycles. The lowest BCUT2D eigenvalue weighted by Gasteiger charge is -2.06. The molecule has 3 heteroatoms. The normalized spacial score (nSPS) is 12.5. The number of phenolic OH excluding ortho intramolecular Hbond substituents is 1. The Morgan fingerprint density at radius 2 is 2.15 bits per heavy atom. The van der Waals surface area contributed by atoms with Gasteiger partial charge in [-0.3, -0.25) is 4.79 Å². The van der Waals surface area contributed by atoms with Crippen LogP contribution in [0.15, 0.2) is 18.2 Å². The van der Waals surface area contributed by atoms with Gasteiger partial charge in [0.2, 0.25) is 0 Å². The molecule has 1 aromatic carbocycles. The van der Waals surface area contributed by atoms with Gasteiger partial charge in [0.05, 0.1) is 11.6 Å². The van der Waals surface area contributed by atoms with E-state index in [1.54, 1.807) is 19.1 Å². The molecule has 13 heavy (non-hydrogen) atoms. The number of nitrogens with two attached hydrogens (primary N) is 1. The molecular formula is C10H13NO2. The quantitative estimate of drug-likeness (QED) is 0.671. The molecule has 1 atom stereocenters. The Morgan fingerprint density at radius 3 is 2.69 bits per heavy atom. The lowest BCUT2D eigenvalue weighted by molar-refractivity contribution is 0.0965. The number of benzene rings is 1. The molecule has 0 amide bonds. The molecule has 1 unspecified atom stereocenters. The van der Waals surface area contributed by atoms with Crippen LogP contribution in [-0.2, 0) is 0 Å². The summed E-state index contributed by atoms with van der Waals surface area (Å²) in [4.78, 5) is 11.4. The summed E-state index contributed by atoms with van der Waals surface area (Å²) in [5.41, 5.74) is 6.66. The van der Waals surface area contributed by atoms with Crippen LogP contribution in [-0.4, -0.2) is 16.9 Å². The van der Waals surface area contributed by atoms with Crippen molar-refractivity contribution in [3.05, 3.63) is 29.3 Å². The van der Waals surface area contributed by atoms with Gasteiger partial charge in [-0.25, -0.2) is 0 Å². The number of carbonyl (C=O) groups excluding carboxylic acids is 1. The van der Waals surface area contributed by atoms with Crippen LogP contribution in [0.2, 0.25) is 0 Å². The third-order valence-corrected chi connectivity index (χ3v) is 1.83.